The summed E-state index contributed by atoms with van der Waals surface area (Å²) in [5.41, 5.74) is 5.08. The van der Waals surface area contributed by atoms with Gasteiger partial charge in [0.1, 0.15) is 13.6 Å². The van der Waals surface area contributed by atoms with Crippen LogP contribution in [0.5, 0.6) is 0 Å². The Morgan fingerprint density at radius 1 is 0.412 bits per heavy atom. The number of methoxy groups -OCH3 is 2. The van der Waals surface area contributed by atoms with Crippen LogP contribution in [0.4, 0.5) is 0 Å². The molecule has 0 aliphatic heterocycles. The molecule has 0 N–H and O–H groups in total. The summed E-state index contributed by atoms with van der Waals surface area (Å²) in [6.07, 6.45) is 3.65. The van der Waals surface area contributed by atoms with Crippen molar-refractivity contribution in [2.24, 2.45) is 0 Å². The van der Waals surface area contributed by atoms with E-state index in [2.05, 4.69) is 68.3 Å². The summed E-state index contributed by atoms with van der Waals surface area (Å²) in [6.45, 7) is 3.61. The fourth-order valence-corrected chi connectivity index (χ4v) is 6.18. The highest BCUT2D eigenvalue weighted by atomic mass is 79.9. The van der Waals surface area contributed by atoms with Gasteiger partial charge in [-0.15, -0.1) is 0 Å². The molecule has 3 rings (SSSR count). The van der Waals surface area contributed by atoms with Crippen molar-refractivity contribution in [2.45, 2.75) is 31.1 Å². The lowest BCUT2D eigenvalue weighted by atomic mass is 9.71. The van der Waals surface area contributed by atoms with E-state index in [9.17, 15) is 0 Å². The Morgan fingerprint density at radius 2 is 0.745 bits per heavy atom. The van der Waals surface area contributed by atoms with Crippen LogP contribution in [0.1, 0.15) is 36.8 Å². The van der Waals surface area contributed by atoms with Crippen LogP contribution in [0, 0.1) is 0 Å². The van der Waals surface area contributed by atoms with Crippen molar-refractivity contribution in [3.63, 3.8) is 0 Å². The maximum Gasteiger partial charge on any atom is 0.152 e. The van der Waals surface area contributed by atoms with Crippen molar-refractivity contribution in [3.8, 4) is 11.1 Å². The van der Waals surface area contributed by atoms with E-state index in [4.69, 9.17) is 66.3 Å². The third-order valence-corrected chi connectivity index (χ3v) is 8.59. The van der Waals surface area contributed by atoms with Crippen molar-refractivity contribution in [3.05, 3.63) is 56.5 Å². The summed E-state index contributed by atoms with van der Waals surface area (Å²) >= 11 is 7.43. The summed E-state index contributed by atoms with van der Waals surface area (Å²) in [5.74, 6) is 0. The number of hydrogen-bond donors (Lipinski definition) is 0. The zero-order valence-corrected chi connectivity index (χ0v) is 32.7. The summed E-state index contributed by atoms with van der Waals surface area (Å²) in [5, 5.41) is 0. The van der Waals surface area contributed by atoms with E-state index in [-0.39, 0.29) is 73.3 Å². The Labute approximate surface area is 317 Å². The molecular formula is C35H52Br2O14. The molecule has 0 amide bonds. The first kappa shape index (κ1) is 44.2. The van der Waals surface area contributed by atoms with Crippen LogP contribution in [0.15, 0.2) is 45.3 Å². The maximum atomic E-state index is 5.83. The number of hydrogen-bond acceptors (Lipinski definition) is 14. The quantitative estimate of drug-likeness (QED) is 0.0594. The minimum absolute atomic E-state index is 0.00499. The van der Waals surface area contributed by atoms with Crippen LogP contribution < -0.4 is 0 Å². The lowest BCUT2D eigenvalue weighted by Crippen LogP contribution is -2.27. The molecule has 0 aromatic heterocycles. The van der Waals surface area contributed by atoms with Crippen LogP contribution >= 0.6 is 31.9 Å². The molecule has 0 saturated carbocycles. The Bertz CT molecular complexity index is 1130. The molecule has 0 bridgehead atoms. The molecule has 0 heterocycles. The number of ether oxygens (including phenoxy) is 14. The lowest BCUT2D eigenvalue weighted by molar-refractivity contribution is -0.232. The average Bonchev–Trinajstić information content (AvgIpc) is 3.38. The van der Waals surface area contributed by atoms with Crippen molar-refractivity contribution in [2.75, 3.05) is 122 Å². The fraction of sp³-hybridized carbons (Fsp3) is 0.657. The van der Waals surface area contributed by atoms with Gasteiger partial charge >= 0.3 is 0 Å². The first-order chi connectivity index (χ1) is 25.1. The van der Waals surface area contributed by atoms with Crippen molar-refractivity contribution in [1.82, 2.24) is 0 Å². The summed E-state index contributed by atoms with van der Waals surface area (Å²) in [6, 6.07) is 13.2. The highest BCUT2D eigenvalue weighted by Crippen LogP contribution is 2.54. The molecule has 2 aromatic rings. The van der Waals surface area contributed by atoms with Gasteiger partial charge in [-0.2, -0.15) is 0 Å². The molecule has 290 valence electrons. The van der Waals surface area contributed by atoms with E-state index < -0.39 is 0 Å². The Hall–Kier alpha value is -1.16. The summed E-state index contributed by atoms with van der Waals surface area (Å²) in [7, 11) is 3.28. The molecular weight excluding hydrogens is 804 g/mol. The fourth-order valence-electron chi connectivity index (χ4n) is 5.46. The van der Waals surface area contributed by atoms with E-state index in [1.807, 2.05) is 0 Å². The van der Waals surface area contributed by atoms with Gasteiger partial charge < -0.3 is 66.3 Å². The van der Waals surface area contributed by atoms with Gasteiger partial charge in [-0.25, -0.2) is 0 Å². The van der Waals surface area contributed by atoms with Gasteiger partial charge in [0, 0.05) is 41.8 Å². The lowest BCUT2D eigenvalue weighted by Gasteiger charge is -2.33. The van der Waals surface area contributed by atoms with Crippen LogP contribution in [0.25, 0.3) is 11.1 Å². The van der Waals surface area contributed by atoms with Crippen LogP contribution in [-0.4, -0.2) is 122 Å². The number of fused-ring (bicyclic) bond motifs is 3. The van der Waals surface area contributed by atoms with E-state index in [0.717, 1.165) is 34.6 Å². The third kappa shape index (κ3) is 17.2. The molecule has 0 atom stereocenters. The number of rotatable bonds is 34. The van der Waals surface area contributed by atoms with Gasteiger partial charge in [0.15, 0.2) is 54.3 Å². The monoisotopic (exact) mass is 854 g/mol. The molecule has 0 radical (unpaired) electrons. The first-order valence-corrected chi connectivity index (χ1v) is 18.2. The predicted molar refractivity (Wildman–Crippen MR) is 191 cm³/mol. The molecule has 2 aromatic carbocycles. The summed E-state index contributed by atoms with van der Waals surface area (Å²) in [4.78, 5) is 0. The van der Waals surface area contributed by atoms with Crippen molar-refractivity contribution in [1.29, 1.82) is 0 Å². The predicted octanol–water partition coefficient (Wildman–Crippen LogP) is 6.11. The van der Waals surface area contributed by atoms with E-state index in [1.54, 1.807) is 14.2 Å². The normalized spacial score (nSPS) is 13.2. The van der Waals surface area contributed by atoms with Gasteiger partial charge in [0.25, 0.3) is 0 Å². The maximum absolute atomic E-state index is 5.83. The number of benzene rings is 2. The summed E-state index contributed by atoms with van der Waals surface area (Å²) < 4.78 is 75.5. The number of halogens is 2. The second-order valence-corrected chi connectivity index (χ2v) is 12.9. The molecule has 14 nitrogen and oxygen atoms in total. The molecule has 0 fully saturated rings. The van der Waals surface area contributed by atoms with Gasteiger partial charge in [-0.1, -0.05) is 44.0 Å². The Balaban J connectivity index is 1.20. The van der Waals surface area contributed by atoms with Crippen molar-refractivity contribution >= 4 is 31.9 Å². The largest absolute Gasteiger partial charge is 0.382 e. The molecule has 16 heteroatoms. The Morgan fingerprint density at radius 3 is 1.14 bits per heavy atom. The van der Waals surface area contributed by atoms with Gasteiger partial charge in [-0.05, 0) is 72.2 Å². The molecule has 0 unspecified atom stereocenters. The highest BCUT2D eigenvalue weighted by molar-refractivity contribution is 9.10. The minimum atomic E-state index is -0.158. The van der Waals surface area contributed by atoms with E-state index in [0.29, 0.717) is 39.6 Å². The third-order valence-electron chi connectivity index (χ3n) is 7.60. The average molecular weight is 857 g/mol. The molecule has 0 spiro atoms. The van der Waals surface area contributed by atoms with E-state index >= 15 is 0 Å². The smallest absolute Gasteiger partial charge is 0.152 e. The van der Waals surface area contributed by atoms with Gasteiger partial charge in [0.2, 0.25) is 0 Å². The zero-order chi connectivity index (χ0) is 36.2. The van der Waals surface area contributed by atoms with Crippen LogP contribution in [0.3, 0.4) is 0 Å². The minimum Gasteiger partial charge on any atom is -0.382 e. The zero-order valence-electron chi connectivity index (χ0n) is 29.6. The van der Waals surface area contributed by atoms with Crippen LogP contribution in [-0.2, 0) is 71.7 Å². The topological polar surface area (TPSA) is 129 Å². The Kier molecular flexibility index (Phi) is 24.6. The molecule has 0 saturated heterocycles. The second-order valence-electron chi connectivity index (χ2n) is 11.1. The van der Waals surface area contributed by atoms with Gasteiger partial charge in [0.05, 0.1) is 26.4 Å². The van der Waals surface area contributed by atoms with E-state index in [1.165, 1.54) is 22.3 Å². The molecule has 1 aliphatic carbocycles. The standard InChI is InChI=1S/C35H52Br2O14/c1-38-13-15-40-11-3-9-35(33-17-29(36)5-7-31(33)32-8-6-30(37)18-34(32)35)10-4-12-41-19-43-21-45-23-47-25-49-27-51-28-50-26-48-24-46-22-44-20-42-16-14-39-2/h5-8,17-18H,3-4,9-16,19-28H2,1-2H3. The van der Waals surface area contributed by atoms with Gasteiger partial charge in [-0.3, -0.25) is 0 Å². The highest BCUT2D eigenvalue weighted by Gasteiger charge is 2.42. The first-order valence-electron chi connectivity index (χ1n) is 16.6. The second kappa shape index (κ2) is 28.3. The van der Waals surface area contributed by atoms with Crippen molar-refractivity contribution < 1.29 is 66.3 Å². The molecule has 1 aliphatic rings. The SMILES string of the molecule is COCCOCCCC1(CCCOCOCOCOCOCOCOCOCOCOCOCCOC)c2cc(Br)ccc2-c2ccc(Br)cc21. The van der Waals surface area contributed by atoms with Crippen LogP contribution in [0.2, 0.25) is 0 Å². The molecule has 51 heavy (non-hydrogen) atoms.